The van der Waals surface area contributed by atoms with Crippen LogP contribution in [0, 0.1) is 11.8 Å². The smallest absolute Gasteiger partial charge is 0.228 e. The predicted octanol–water partition coefficient (Wildman–Crippen LogP) is 1.64. The Balaban J connectivity index is 1.47. The Labute approximate surface area is 151 Å². The molecule has 5 rings (SSSR count). The van der Waals surface area contributed by atoms with Gasteiger partial charge in [0.2, 0.25) is 11.8 Å². The largest absolute Gasteiger partial charge is 0.393 e. The molecule has 4 aliphatic rings. The van der Waals surface area contributed by atoms with Crippen LogP contribution >= 0.6 is 11.3 Å². The fourth-order valence-electron chi connectivity index (χ4n) is 4.50. The number of aliphatic hydroxyl groups is 1. The van der Waals surface area contributed by atoms with Gasteiger partial charge >= 0.3 is 0 Å². The van der Waals surface area contributed by atoms with Crippen molar-refractivity contribution >= 4 is 23.2 Å². The number of thiazole rings is 1. The Morgan fingerprint density at radius 2 is 2.00 bits per heavy atom. The summed E-state index contributed by atoms with van der Waals surface area (Å²) >= 11 is 1.54. The molecule has 2 unspecified atom stereocenters. The van der Waals surface area contributed by atoms with Crippen LogP contribution in [0.15, 0.2) is 10.9 Å². The van der Waals surface area contributed by atoms with Crippen molar-refractivity contribution in [2.45, 2.75) is 57.2 Å². The molecule has 2 bridgehead atoms. The minimum absolute atomic E-state index is 0.0167. The second-order valence-electron chi connectivity index (χ2n) is 7.62. The first-order chi connectivity index (χ1) is 12.1. The molecule has 0 radical (unpaired) electrons. The number of hydrogen-bond acceptors (Lipinski definition) is 5. The first-order valence-electron chi connectivity index (χ1n) is 9.26. The summed E-state index contributed by atoms with van der Waals surface area (Å²) in [6.07, 6.45) is 4.56. The molecule has 7 heteroatoms. The Hall–Kier alpha value is -1.47. The third-order valence-electron chi connectivity index (χ3n) is 5.97. The zero-order chi connectivity index (χ0) is 17.4. The molecule has 1 aromatic heterocycles. The van der Waals surface area contributed by atoms with E-state index in [-0.39, 0.29) is 35.8 Å². The van der Waals surface area contributed by atoms with Gasteiger partial charge in [0.05, 0.1) is 29.8 Å². The fraction of sp³-hybridized carbons (Fsp3) is 0.722. The monoisotopic (exact) mass is 363 g/mol. The molecule has 25 heavy (non-hydrogen) atoms. The molecule has 1 N–H and O–H groups in total. The topological polar surface area (TPSA) is 73.7 Å². The van der Waals surface area contributed by atoms with Crippen LogP contribution in [0.25, 0.3) is 0 Å². The average molecular weight is 363 g/mol. The number of amides is 2. The van der Waals surface area contributed by atoms with Gasteiger partial charge in [0, 0.05) is 30.4 Å². The van der Waals surface area contributed by atoms with Gasteiger partial charge in [-0.3, -0.25) is 9.59 Å². The van der Waals surface area contributed by atoms with E-state index in [1.54, 1.807) is 16.8 Å². The number of aromatic nitrogens is 1. The molecule has 4 fully saturated rings. The molecule has 136 valence electrons. The summed E-state index contributed by atoms with van der Waals surface area (Å²) in [6.45, 7) is 1.76. The second-order valence-corrected chi connectivity index (χ2v) is 8.34. The van der Waals surface area contributed by atoms with Crippen LogP contribution in [0.3, 0.4) is 0 Å². The highest BCUT2D eigenvalue weighted by atomic mass is 32.1. The van der Waals surface area contributed by atoms with Gasteiger partial charge in [-0.2, -0.15) is 0 Å². The maximum atomic E-state index is 13.0. The number of fused-ring (bicyclic) bond motifs is 4. The van der Waals surface area contributed by atoms with Crippen LogP contribution in [0.4, 0.5) is 0 Å². The Kier molecular flexibility index (Phi) is 4.78. The number of carbonyl (C=O) groups is 2. The van der Waals surface area contributed by atoms with Gasteiger partial charge in [-0.15, -0.1) is 11.3 Å². The number of piperidine rings is 1. The van der Waals surface area contributed by atoms with Crippen molar-refractivity contribution in [1.82, 2.24) is 14.8 Å². The quantitative estimate of drug-likeness (QED) is 0.886. The summed E-state index contributed by atoms with van der Waals surface area (Å²) in [5.74, 6) is 0.309. The van der Waals surface area contributed by atoms with Crippen molar-refractivity contribution in [3.63, 3.8) is 0 Å². The van der Waals surface area contributed by atoms with Crippen molar-refractivity contribution in [1.29, 1.82) is 0 Å². The zero-order valence-corrected chi connectivity index (χ0v) is 15.2. The first kappa shape index (κ1) is 17.0. The lowest BCUT2D eigenvalue weighted by Crippen LogP contribution is -2.47. The lowest BCUT2D eigenvalue weighted by atomic mass is 9.86. The number of aliphatic hydroxyl groups excluding tert-OH is 1. The summed E-state index contributed by atoms with van der Waals surface area (Å²) in [6, 6.07) is 0.103. The van der Waals surface area contributed by atoms with E-state index in [4.69, 9.17) is 0 Å². The average Bonchev–Trinajstić information content (AvgIpc) is 2.98. The Morgan fingerprint density at radius 3 is 2.72 bits per heavy atom. The standard InChI is InChI=1S/C18H25N3O3S/c22-16-5-2-12(3-6-16)17(23)20-7-13-1-4-15(9-20)21(18(13)24)8-14-10-25-11-19-14/h10-13,15-16,22H,1-9H2. The van der Waals surface area contributed by atoms with Crippen LogP contribution in [-0.4, -0.2) is 56.9 Å². The molecule has 0 aromatic carbocycles. The third kappa shape index (κ3) is 3.44. The molecule has 6 nitrogen and oxygen atoms in total. The van der Waals surface area contributed by atoms with Gasteiger partial charge in [0.25, 0.3) is 0 Å². The zero-order valence-electron chi connectivity index (χ0n) is 14.3. The highest BCUT2D eigenvalue weighted by molar-refractivity contribution is 7.07. The summed E-state index contributed by atoms with van der Waals surface area (Å²) in [7, 11) is 0. The van der Waals surface area contributed by atoms with Crippen LogP contribution in [0.1, 0.15) is 44.2 Å². The van der Waals surface area contributed by atoms with E-state index in [9.17, 15) is 14.7 Å². The molecule has 4 heterocycles. The van der Waals surface area contributed by atoms with Crippen LogP contribution in [0.2, 0.25) is 0 Å². The highest BCUT2D eigenvalue weighted by Gasteiger charge is 2.43. The number of rotatable bonds is 3. The maximum Gasteiger partial charge on any atom is 0.228 e. The van der Waals surface area contributed by atoms with Crippen molar-refractivity contribution in [2.24, 2.45) is 11.8 Å². The van der Waals surface area contributed by atoms with E-state index in [1.165, 1.54) is 0 Å². The van der Waals surface area contributed by atoms with Crippen LogP contribution in [-0.2, 0) is 16.1 Å². The van der Waals surface area contributed by atoms with Crippen LogP contribution < -0.4 is 0 Å². The molecular weight excluding hydrogens is 338 g/mol. The van der Waals surface area contributed by atoms with E-state index in [0.717, 1.165) is 31.4 Å². The summed E-state index contributed by atoms with van der Waals surface area (Å²) in [5, 5.41) is 11.7. The third-order valence-corrected chi connectivity index (χ3v) is 6.60. The Morgan fingerprint density at radius 1 is 1.20 bits per heavy atom. The molecule has 1 saturated carbocycles. The molecule has 3 saturated heterocycles. The van der Waals surface area contributed by atoms with Gasteiger partial charge in [-0.05, 0) is 38.5 Å². The highest BCUT2D eigenvalue weighted by Crippen LogP contribution is 2.33. The normalized spacial score (nSPS) is 32.8. The van der Waals surface area contributed by atoms with Crippen molar-refractivity contribution in [3.8, 4) is 0 Å². The molecule has 3 aliphatic heterocycles. The predicted molar refractivity (Wildman–Crippen MR) is 93.7 cm³/mol. The first-order valence-corrected chi connectivity index (χ1v) is 10.2. The molecule has 2 atom stereocenters. The van der Waals surface area contributed by atoms with E-state index >= 15 is 0 Å². The lowest BCUT2D eigenvalue weighted by Gasteiger charge is -2.35. The second kappa shape index (κ2) is 7.03. The summed E-state index contributed by atoms with van der Waals surface area (Å²) in [5.41, 5.74) is 2.73. The number of carbonyl (C=O) groups excluding carboxylic acids is 2. The number of nitrogens with zero attached hydrogens (tertiary/aromatic N) is 3. The minimum Gasteiger partial charge on any atom is -0.393 e. The summed E-state index contributed by atoms with van der Waals surface area (Å²) < 4.78 is 0. The van der Waals surface area contributed by atoms with Crippen molar-refractivity contribution in [3.05, 3.63) is 16.6 Å². The van der Waals surface area contributed by atoms with Gasteiger partial charge in [0.1, 0.15) is 0 Å². The minimum atomic E-state index is -0.250. The molecule has 0 spiro atoms. The lowest BCUT2D eigenvalue weighted by molar-refractivity contribution is -0.140. The SMILES string of the molecule is O=C(C1CCC(O)CC1)N1CC2CCC(C1)N(Cc1cscn1)C2=O. The van der Waals surface area contributed by atoms with Gasteiger partial charge in [-0.25, -0.2) is 4.98 Å². The summed E-state index contributed by atoms with van der Waals surface area (Å²) in [4.78, 5) is 34.0. The van der Waals surface area contributed by atoms with E-state index in [2.05, 4.69) is 4.98 Å². The molecular formula is C18H25N3O3S. The number of hydrogen-bond donors (Lipinski definition) is 1. The molecule has 1 aliphatic carbocycles. The van der Waals surface area contributed by atoms with E-state index in [1.807, 2.05) is 15.2 Å². The Bertz CT molecular complexity index is 628. The van der Waals surface area contributed by atoms with E-state index < -0.39 is 0 Å². The molecule has 2 amide bonds. The van der Waals surface area contributed by atoms with E-state index in [0.29, 0.717) is 32.5 Å². The molecule has 1 aromatic rings. The fourth-order valence-corrected chi connectivity index (χ4v) is 5.05. The van der Waals surface area contributed by atoms with Gasteiger partial charge in [0.15, 0.2) is 0 Å². The van der Waals surface area contributed by atoms with Crippen molar-refractivity contribution in [2.75, 3.05) is 13.1 Å². The van der Waals surface area contributed by atoms with Crippen molar-refractivity contribution < 1.29 is 14.7 Å². The van der Waals surface area contributed by atoms with Crippen LogP contribution in [0.5, 0.6) is 0 Å². The van der Waals surface area contributed by atoms with Gasteiger partial charge in [-0.1, -0.05) is 0 Å². The maximum absolute atomic E-state index is 13.0. The van der Waals surface area contributed by atoms with Gasteiger partial charge < -0.3 is 14.9 Å².